The van der Waals surface area contributed by atoms with Gasteiger partial charge in [-0.15, -0.1) is 0 Å². The third-order valence-corrected chi connectivity index (χ3v) is 9.28. The number of hydrogen-bond acceptors (Lipinski definition) is 9. The van der Waals surface area contributed by atoms with Gasteiger partial charge in [0.25, 0.3) is 0 Å². The van der Waals surface area contributed by atoms with E-state index in [1.54, 1.807) is 17.7 Å². The average Bonchev–Trinajstić information content (AvgIpc) is 2.78. The smallest absolute Gasteiger partial charge is 0.316 e. The molecule has 3 amide bonds. The first-order valence-electron chi connectivity index (χ1n) is 13.2. The van der Waals surface area contributed by atoms with Crippen LogP contribution in [0.3, 0.4) is 0 Å². The summed E-state index contributed by atoms with van der Waals surface area (Å²) >= 11 is 3.86. The van der Waals surface area contributed by atoms with Gasteiger partial charge in [0.1, 0.15) is 17.3 Å². The van der Waals surface area contributed by atoms with Crippen LogP contribution in [0.1, 0.15) is 87.5 Å². The van der Waals surface area contributed by atoms with E-state index in [1.165, 1.54) is 10.8 Å². The Balaban J connectivity index is 5.35. The lowest BCUT2D eigenvalue weighted by Crippen LogP contribution is -2.57. The summed E-state index contributed by atoms with van der Waals surface area (Å²) in [6.07, 6.45) is 0.634. The molecular weight excluding hydrogens is 579 g/mol. The molecule has 0 bridgehead atoms. The van der Waals surface area contributed by atoms with E-state index in [-0.39, 0.29) is 29.9 Å². The molecule has 0 spiro atoms. The van der Waals surface area contributed by atoms with Crippen molar-refractivity contribution < 1.29 is 38.9 Å². The molecule has 0 aliphatic rings. The molecule has 14 heteroatoms. The summed E-state index contributed by atoms with van der Waals surface area (Å²) in [7, 11) is 3.02. The lowest BCUT2D eigenvalue weighted by Gasteiger charge is -2.32. The number of carboxylic acid groups (broad SMARTS) is 2. The first kappa shape index (κ1) is 38.4. The summed E-state index contributed by atoms with van der Waals surface area (Å²) in [4.78, 5) is 60.5. The fourth-order valence-electron chi connectivity index (χ4n) is 3.15. The van der Waals surface area contributed by atoms with Crippen molar-refractivity contribution in [3.05, 3.63) is 0 Å². The zero-order valence-corrected chi connectivity index (χ0v) is 27.3. The normalized spacial score (nSPS) is 14.5. The molecule has 0 saturated carbocycles. The quantitative estimate of drug-likeness (QED) is 0.0925. The van der Waals surface area contributed by atoms with Gasteiger partial charge in [0.2, 0.25) is 17.7 Å². The highest BCUT2D eigenvalue weighted by atomic mass is 33.1. The summed E-state index contributed by atoms with van der Waals surface area (Å²) in [5.74, 6) is -3.43. The zero-order chi connectivity index (χ0) is 31.3. The molecule has 0 aromatic rings. The molecule has 11 nitrogen and oxygen atoms in total. The molecule has 0 aromatic heterocycles. The summed E-state index contributed by atoms with van der Waals surface area (Å²) in [5, 5.41) is 24.9. The fraction of sp³-hybridized carbons (Fsp3) is 0.808. The summed E-state index contributed by atoms with van der Waals surface area (Å²) in [5.41, 5.74) is -1.32. The van der Waals surface area contributed by atoms with Crippen molar-refractivity contribution >= 4 is 63.9 Å². The molecule has 3 atom stereocenters. The molecule has 0 aliphatic carbocycles. The summed E-state index contributed by atoms with van der Waals surface area (Å²) in [6.45, 7) is 15.4. The maximum Gasteiger partial charge on any atom is 0.316 e. The number of carbonyl (C=O) groups excluding carboxylic acids is 3. The minimum absolute atomic E-state index is 0.00720. The Labute approximate surface area is 251 Å². The van der Waals surface area contributed by atoms with Gasteiger partial charge in [0.05, 0.1) is 5.60 Å². The van der Waals surface area contributed by atoms with Crippen molar-refractivity contribution in [2.45, 2.75) is 121 Å². The van der Waals surface area contributed by atoms with E-state index >= 15 is 0 Å². The van der Waals surface area contributed by atoms with Crippen LogP contribution in [0, 0.1) is 0 Å². The largest absolute Gasteiger partial charge is 0.481 e. The van der Waals surface area contributed by atoms with E-state index in [0.717, 1.165) is 0 Å². The van der Waals surface area contributed by atoms with Crippen LogP contribution in [0.2, 0.25) is 0 Å². The van der Waals surface area contributed by atoms with Gasteiger partial charge in [0, 0.05) is 35.5 Å². The summed E-state index contributed by atoms with van der Waals surface area (Å²) < 4.78 is 5.80. The van der Waals surface area contributed by atoms with Crippen molar-refractivity contribution in [3.63, 3.8) is 0 Å². The van der Waals surface area contributed by atoms with E-state index < -0.39 is 64.6 Å². The predicted molar refractivity (Wildman–Crippen MR) is 163 cm³/mol. The van der Waals surface area contributed by atoms with Gasteiger partial charge in [-0.3, -0.25) is 24.0 Å². The molecule has 0 rings (SSSR count). The highest BCUT2D eigenvalue weighted by Gasteiger charge is 2.31. The molecule has 0 aromatic carbocycles. The number of thiol groups is 1. The van der Waals surface area contributed by atoms with E-state index in [0.29, 0.717) is 12.8 Å². The molecule has 0 radical (unpaired) electrons. The van der Waals surface area contributed by atoms with Gasteiger partial charge in [0.15, 0.2) is 0 Å². The lowest BCUT2D eigenvalue weighted by molar-refractivity contribution is -0.139. The van der Waals surface area contributed by atoms with Crippen molar-refractivity contribution in [1.82, 2.24) is 16.0 Å². The third kappa shape index (κ3) is 17.9. The predicted octanol–water partition coefficient (Wildman–Crippen LogP) is 3.26. The Hall–Kier alpha value is -1.64. The number of hydrogen-bond donors (Lipinski definition) is 6. The first-order valence-corrected chi connectivity index (χ1v) is 16.0. The number of aliphatic carboxylic acids is 2. The number of carboxylic acids is 2. The fourth-order valence-corrected chi connectivity index (χ4v) is 5.78. The second-order valence-corrected chi connectivity index (χ2v) is 15.5. The average molecular weight is 626 g/mol. The van der Waals surface area contributed by atoms with Crippen LogP contribution in [-0.4, -0.2) is 85.5 Å². The molecule has 40 heavy (non-hydrogen) atoms. The molecule has 232 valence electrons. The number of nitrogens with one attached hydrogen (secondary N) is 3. The van der Waals surface area contributed by atoms with Gasteiger partial charge in [-0.25, -0.2) is 0 Å². The van der Waals surface area contributed by atoms with E-state index in [4.69, 9.17) is 14.9 Å². The van der Waals surface area contributed by atoms with Gasteiger partial charge in [-0.1, -0.05) is 49.3 Å². The van der Waals surface area contributed by atoms with Crippen molar-refractivity contribution in [3.8, 4) is 0 Å². The van der Waals surface area contributed by atoms with Gasteiger partial charge in [-0.05, 0) is 47.0 Å². The minimum atomic E-state index is -1.24. The highest BCUT2D eigenvalue weighted by Crippen LogP contribution is 2.35. The topological polar surface area (TPSA) is 171 Å². The Morgan fingerprint density at radius 2 is 1.50 bits per heavy atom. The van der Waals surface area contributed by atoms with Crippen LogP contribution >= 0.6 is 34.2 Å². The van der Waals surface area contributed by atoms with Crippen LogP contribution in [0.5, 0.6) is 0 Å². The standard InChI is InChI=1S/C26H47N3O8S3/c1-9-16(27-19(30)14-18(38)23(35)36)21(33)28-17(15-39-40-24(2,3)4)22(34)29-25(5,6)12-13-37-26(7,8)11-10-20(31)32/h16-18,38H,9-15H2,1-8H3,(H,27,30)(H,28,33)(H,29,34)(H,31,32)(H,35,36)/t16-,17-,18?/m0/s1. The third-order valence-electron chi connectivity index (χ3n) is 5.52. The van der Waals surface area contributed by atoms with Crippen LogP contribution in [-0.2, 0) is 28.7 Å². The van der Waals surface area contributed by atoms with Crippen LogP contribution < -0.4 is 16.0 Å². The molecule has 0 fully saturated rings. The lowest BCUT2D eigenvalue weighted by atomic mass is 9.99. The summed E-state index contributed by atoms with van der Waals surface area (Å²) in [6, 6.07) is -1.85. The Bertz CT molecular complexity index is 878. The molecular formula is C26H47N3O8S3. The molecule has 1 unspecified atom stereocenters. The first-order chi connectivity index (χ1) is 18.2. The number of amides is 3. The molecule has 0 saturated heterocycles. The van der Waals surface area contributed by atoms with Gasteiger partial charge >= 0.3 is 11.9 Å². The SMILES string of the molecule is CC[C@H](NC(=O)CC(S)C(=O)O)C(=O)N[C@@H](CSSC(C)(C)C)C(=O)NC(C)(C)CCOC(C)(C)CCC(=O)O. The van der Waals surface area contributed by atoms with E-state index in [2.05, 4.69) is 28.6 Å². The Morgan fingerprint density at radius 1 is 0.900 bits per heavy atom. The Kier molecular flexibility index (Phi) is 16.6. The van der Waals surface area contributed by atoms with E-state index in [9.17, 15) is 24.0 Å². The van der Waals surface area contributed by atoms with Gasteiger partial charge < -0.3 is 30.9 Å². The maximum atomic E-state index is 13.3. The second-order valence-electron chi connectivity index (χ2n) is 11.8. The number of carbonyl (C=O) groups is 5. The van der Waals surface area contributed by atoms with E-state index in [1.807, 2.05) is 48.5 Å². The Morgan fingerprint density at radius 3 is 2.00 bits per heavy atom. The minimum Gasteiger partial charge on any atom is -0.481 e. The van der Waals surface area contributed by atoms with Crippen LogP contribution in [0.15, 0.2) is 0 Å². The molecule has 0 aliphatic heterocycles. The zero-order valence-electron chi connectivity index (χ0n) is 24.8. The van der Waals surface area contributed by atoms with Crippen molar-refractivity contribution in [1.29, 1.82) is 0 Å². The highest BCUT2D eigenvalue weighted by molar-refractivity contribution is 8.77. The maximum absolute atomic E-state index is 13.3. The van der Waals surface area contributed by atoms with Crippen LogP contribution in [0.25, 0.3) is 0 Å². The monoisotopic (exact) mass is 625 g/mol. The van der Waals surface area contributed by atoms with Gasteiger partial charge in [-0.2, -0.15) is 12.6 Å². The molecule has 5 N–H and O–H groups in total. The number of rotatable bonds is 19. The van der Waals surface area contributed by atoms with Crippen LogP contribution in [0.4, 0.5) is 0 Å². The van der Waals surface area contributed by atoms with Crippen molar-refractivity contribution in [2.75, 3.05) is 12.4 Å². The van der Waals surface area contributed by atoms with Crippen molar-refractivity contribution in [2.24, 2.45) is 0 Å². The second kappa shape index (κ2) is 17.3. The molecule has 0 heterocycles. The number of ether oxygens (including phenoxy) is 1.